The maximum Gasteiger partial charge on any atom is 0.151 e. The van der Waals surface area contributed by atoms with Crippen molar-refractivity contribution < 1.29 is 0 Å². The number of nitrogens with two attached hydrogens (primary N) is 1. The number of fused-ring (bicyclic) bond motifs is 1. The van der Waals surface area contributed by atoms with Crippen molar-refractivity contribution in [2.45, 2.75) is 45.2 Å². The van der Waals surface area contributed by atoms with Gasteiger partial charge in [-0.2, -0.15) is 5.10 Å². The molecular formula is C9H16N4. The molecule has 4 nitrogen and oxygen atoms in total. The average Bonchev–Trinajstić information content (AvgIpc) is 2.49. The molecule has 1 atom stereocenters. The third-order valence-corrected chi connectivity index (χ3v) is 2.43. The molecule has 13 heavy (non-hydrogen) atoms. The first-order chi connectivity index (χ1) is 6.31. The van der Waals surface area contributed by atoms with Crippen LogP contribution in [0.3, 0.4) is 0 Å². The van der Waals surface area contributed by atoms with Crippen LogP contribution in [0.25, 0.3) is 0 Å². The van der Waals surface area contributed by atoms with Crippen LogP contribution in [-0.2, 0) is 12.8 Å². The lowest BCUT2D eigenvalue weighted by atomic mass is 10.1. The number of aryl methyl sites for hydroxylation is 2. The summed E-state index contributed by atoms with van der Waals surface area (Å²) in [7, 11) is 0. The van der Waals surface area contributed by atoms with Crippen molar-refractivity contribution in [2.75, 3.05) is 0 Å². The van der Waals surface area contributed by atoms with E-state index in [0.29, 0.717) is 0 Å². The van der Waals surface area contributed by atoms with Crippen molar-refractivity contribution in [3.8, 4) is 0 Å². The van der Waals surface area contributed by atoms with Crippen LogP contribution < -0.4 is 5.73 Å². The molecule has 2 rings (SSSR count). The Morgan fingerprint density at radius 2 is 2.46 bits per heavy atom. The van der Waals surface area contributed by atoms with Gasteiger partial charge in [-0.1, -0.05) is 6.92 Å². The maximum atomic E-state index is 5.92. The molecular weight excluding hydrogens is 164 g/mol. The van der Waals surface area contributed by atoms with Crippen LogP contribution in [0.5, 0.6) is 0 Å². The highest BCUT2D eigenvalue weighted by atomic mass is 15.4. The first-order valence-corrected chi connectivity index (χ1v) is 5.01. The van der Waals surface area contributed by atoms with Crippen LogP contribution in [0.1, 0.15) is 44.0 Å². The molecule has 0 saturated carbocycles. The molecule has 0 spiro atoms. The second-order valence-corrected chi connectivity index (χ2v) is 3.60. The highest BCUT2D eigenvalue weighted by Gasteiger charge is 2.19. The van der Waals surface area contributed by atoms with Gasteiger partial charge in [0.05, 0.1) is 0 Å². The van der Waals surface area contributed by atoms with E-state index >= 15 is 0 Å². The molecule has 1 aromatic heterocycles. The molecule has 1 aromatic rings. The van der Waals surface area contributed by atoms with Crippen molar-refractivity contribution in [3.63, 3.8) is 0 Å². The Morgan fingerprint density at radius 1 is 1.62 bits per heavy atom. The fraction of sp³-hybridized carbons (Fsp3) is 0.778. The molecule has 1 aliphatic heterocycles. The summed E-state index contributed by atoms with van der Waals surface area (Å²) in [5.41, 5.74) is 5.92. The van der Waals surface area contributed by atoms with Gasteiger partial charge in [-0.05, 0) is 19.3 Å². The molecule has 0 fully saturated rings. The van der Waals surface area contributed by atoms with Crippen LogP contribution in [-0.4, -0.2) is 14.8 Å². The number of hydrogen-bond donors (Lipinski definition) is 1. The molecule has 72 valence electrons. The summed E-state index contributed by atoms with van der Waals surface area (Å²) in [5.74, 6) is 2.03. The van der Waals surface area contributed by atoms with E-state index in [1.165, 1.54) is 0 Å². The lowest BCUT2D eigenvalue weighted by molar-refractivity contribution is 0.371. The van der Waals surface area contributed by atoms with Gasteiger partial charge in [0.25, 0.3) is 0 Å². The molecule has 0 radical (unpaired) electrons. The second-order valence-electron chi connectivity index (χ2n) is 3.60. The number of nitrogens with zero attached hydrogens (tertiary/aromatic N) is 3. The van der Waals surface area contributed by atoms with E-state index in [1.54, 1.807) is 0 Å². The predicted octanol–water partition coefficient (Wildman–Crippen LogP) is 1.02. The summed E-state index contributed by atoms with van der Waals surface area (Å²) in [6.45, 7) is 2.14. The van der Waals surface area contributed by atoms with Gasteiger partial charge in [-0.3, -0.25) is 0 Å². The minimum atomic E-state index is 0.0573. The minimum absolute atomic E-state index is 0.0573. The van der Waals surface area contributed by atoms with E-state index in [0.717, 1.165) is 43.8 Å². The van der Waals surface area contributed by atoms with E-state index in [-0.39, 0.29) is 6.17 Å². The molecule has 0 aliphatic carbocycles. The number of hydrogen-bond acceptors (Lipinski definition) is 3. The third kappa shape index (κ3) is 1.58. The van der Waals surface area contributed by atoms with Crippen LogP contribution in [0.2, 0.25) is 0 Å². The molecule has 2 N–H and O–H groups in total. The van der Waals surface area contributed by atoms with Crippen LogP contribution in [0.4, 0.5) is 0 Å². The summed E-state index contributed by atoms with van der Waals surface area (Å²) < 4.78 is 1.90. The zero-order valence-corrected chi connectivity index (χ0v) is 8.03. The van der Waals surface area contributed by atoms with Crippen molar-refractivity contribution in [2.24, 2.45) is 5.73 Å². The molecule has 0 bridgehead atoms. The van der Waals surface area contributed by atoms with E-state index < -0.39 is 0 Å². The SMILES string of the molecule is CCCc1nc2n(n1)C(N)CCC2. The quantitative estimate of drug-likeness (QED) is 0.739. The Bertz CT molecular complexity index is 292. The Labute approximate surface area is 78.1 Å². The van der Waals surface area contributed by atoms with E-state index in [2.05, 4.69) is 17.0 Å². The van der Waals surface area contributed by atoms with Gasteiger partial charge in [0.15, 0.2) is 5.82 Å². The number of aromatic nitrogens is 3. The summed E-state index contributed by atoms with van der Waals surface area (Å²) in [5, 5.41) is 4.40. The van der Waals surface area contributed by atoms with Gasteiger partial charge >= 0.3 is 0 Å². The first kappa shape index (κ1) is 8.69. The van der Waals surface area contributed by atoms with E-state index in [4.69, 9.17) is 5.73 Å². The molecule has 0 saturated heterocycles. The Balaban J connectivity index is 2.25. The molecule has 0 amide bonds. The van der Waals surface area contributed by atoms with Gasteiger partial charge in [0, 0.05) is 12.8 Å². The van der Waals surface area contributed by atoms with Crippen molar-refractivity contribution in [1.29, 1.82) is 0 Å². The van der Waals surface area contributed by atoms with E-state index in [1.807, 2.05) is 4.68 Å². The van der Waals surface area contributed by atoms with Gasteiger partial charge in [-0.25, -0.2) is 9.67 Å². The normalized spacial score (nSPS) is 21.5. The molecule has 1 unspecified atom stereocenters. The van der Waals surface area contributed by atoms with Crippen molar-refractivity contribution in [3.05, 3.63) is 11.6 Å². The molecule has 2 heterocycles. The second kappa shape index (κ2) is 3.46. The summed E-state index contributed by atoms with van der Waals surface area (Å²) >= 11 is 0. The average molecular weight is 180 g/mol. The zero-order chi connectivity index (χ0) is 9.26. The molecule has 4 heteroatoms. The van der Waals surface area contributed by atoms with Crippen LogP contribution in [0, 0.1) is 0 Å². The molecule has 0 aromatic carbocycles. The lowest BCUT2D eigenvalue weighted by Gasteiger charge is -2.18. The predicted molar refractivity (Wildman–Crippen MR) is 50.2 cm³/mol. The highest BCUT2D eigenvalue weighted by molar-refractivity contribution is 4.97. The van der Waals surface area contributed by atoms with E-state index in [9.17, 15) is 0 Å². The summed E-state index contributed by atoms with van der Waals surface area (Å²) in [6, 6.07) is 0. The highest BCUT2D eigenvalue weighted by Crippen LogP contribution is 2.18. The van der Waals surface area contributed by atoms with Crippen LogP contribution >= 0.6 is 0 Å². The van der Waals surface area contributed by atoms with Gasteiger partial charge in [0.2, 0.25) is 0 Å². The van der Waals surface area contributed by atoms with Gasteiger partial charge < -0.3 is 5.73 Å². The lowest BCUT2D eigenvalue weighted by Crippen LogP contribution is -2.25. The standard InChI is InChI=1S/C9H16N4/c1-2-4-8-11-9-6-3-5-7(10)13(9)12-8/h7H,2-6,10H2,1H3. The largest absolute Gasteiger partial charge is 0.310 e. The topological polar surface area (TPSA) is 56.7 Å². The summed E-state index contributed by atoms with van der Waals surface area (Å²) in [4.78, 5) is 4.46. The molecule has 1 aliphatic rings. The maximum absolute atomic E-state index is 5.92. The van der Waals surface area contributed by atoms with Gasteiger partial charge in [-0.15, -0.1) is 0 Å². The zero-order valence-electron chi connectivity index (χ0n) is 8.03. The first-order valence-electron chi connectivity index (χ1n) is 5.01. The van der Waals surface area contributed by atoms with Crippen molar-refractivity contribution in [1.82, 2.24) is 14.8 Å². The fourth-order valence-corrected chi connectivity index (χ4v) is 1.76. The van der Waals surface area contributed by atoms with Crippen LogP contribution in [0.15, 0.2) is 0 Å². The monoisotopic (exact) mass is 180 g/mol. The summed E-state index contributed by atoms with van der Waals surface area (Å²) in [6.07, 6.45) is 5.32. The third-order valence-electron chi connectivity index (χ3n) is 2.43. The number of rotatable bonds is 2. The Kier molecular flexibility index (Phi) is 2.31. The Morgan fingerprint density at radius 3 is 3.15 bits per heavy atom. The van der Waals surface area contributed by atoms with Gasteiger partial charge in [0.1, 0.15) is 12.0 Å². The Hall–Kier alpha value is -0.900. The smallest absolute Gasteiger partial charge is 0.151 e. The van der Waals surface area contributed by atoms with Crippen molar-refractivity contribution >= 4 is 0 Å². The minimum Gasteiger partial charge on any atom is -0.310 e. The fourth-order valence-electron chi connectivity index (χ4n) is 1.76.